The predicted octanol–water partition coefficient (Wildman–Crippen LogP) is 2.38. The van der Waals surface area contributed by atoms with Crippen molar-refractivity contribution in [2.24, 2.45) is 32.9 Å². The van der Waals surface area contributed by atoms with Crippen LogP contribution in [0, 0.1) is 11.3 Å². The maximum atomic E-state index is 11.4. The molecule has 1 aromatic rings. The van der Waals surface area contributed by atoms with Crippen LogP contribution in [-0.4, -0.2) is 36.0 Å². The molecule has 0 spiro atoms. The van der Waals surface area contributed by atoms with Crippen molar-refractivity contribution in [3.05, 3.63) is 35.9 Å². The van der Waals surface area contributed by atoms with Crippen molar-refractivity contribution in [3.8, 4) is 0 Å². The van der Waals surface area contributed by atoms with Crippen molar-refractivity contribution in [1.82, 2.24) is 0 Å². The molecule has 142 valence electrons. The third-order valence-electron chi connectivity index (χ3n) is 6.41. The van der Waals surface area contributed by atoms with Crippen LogP contribution < -0.4 is 11.5 Å². The lowest BCUT2D eigenvalue weighted by atomic mass is 9.59. The zero-order valence-corrected chi connectivity index (χ0v) is 15.5. The summed E-state index contributed by atoms with van der Waals surface area (Å²) in [5, 5.41) is 15.5. The molecule has 6 nitrogen and oxygen atoms in total. The molecule has 6 heteroatoms. The molecule has 4 atom stereocenters. The lowest BCUT2D eigenvalue weighted by Gasteiger charge is -2.48. The van der Waals surface area contributed by atoms with E-state index in [1.54, 1.807) is 0 Å². The minimum atomic E-state index is -0.638. The summed E-state index contributed by atoms with van der Waals surface area (Å²) in [6, 6.07) is 10.6. The molecule has 0 heterocycles. The van der Waals surface area contributed by atoms with E-state index < -0.39 is 5.60 Å². The number of aliphatic imine (C=N–C) groups is 1. The van der Waals surface area contributed by atoms with Gasteiger partial charge in [-0.1, -0.05) is 42.4 Å². The Hall–Kier alpha value is -2.08. The van der Waals surface area contributed by atoms with Gasteiger partial charge in [0.2, 0.25) is 0 Å². The standard InChI is InChI=1S/C20H30N4O2/c1-19-9-7-16(15-5-3-2-4-6-15)13-20(19,25)10-8-17(19)14-24-26-12-11-23-18(21)22/h2-6,14,16-17,25H,7-13H2,1H3,(H4,21,22,23)/t16-,17+,19+,20-/m0/s1. The van der Waals surface area contributed by atoms with Crippen LogP contribution in [0.15, 0.2) is 40.5 Å². The summed E-state index contributed by atoms with van der Waals surface area (Å²) in [6.45, 7) is 2.94. The van der Waals surface area contributed by atoms with E-state index in [9.17, 15) is 5.11 Å². The molecular formula is C20H30N4O2. The van der Waals surface area contributed by atoms with Crippen molar-refractivity contribution in [3.63, 3.8) is 0 Å². The molecule has 0 aliphatic heterocycles. The highest BCUT2D eigenvalue weighted by Crippen LogP contribution is 2.60. The van der Waals surface area contributed by atoms with Gasteiger partial charge >= 0.3 is 0 Å². The quantitative estimate of drug-likeness (QED) is 0.314. The molecule has 2 saturated carbocycles. The summed E-state index contributed by atoms with van der Waals surface area (Å²) >= 11 is 0. The highest BCUT2D eigenvalue weighted by molar-refractivity contribution is 5.75. The highest BCUT2D eigenvalue weighted by atomic mass is 16.6. The van der Waals surface area contributed by atoms with Gasteiger partial charge in [-0.15, -0.1) is 0 Å². The monoisotopic (exact) mass is 358 g/mol. The molecule has 2 aliphatic carbocycles. The molecular weight excluding hydrogens is 328 g/mol. The number of hydrogen-bond donors (Lipinski definition) is 3. The second-order valence-electron chi connectivity index (χ2n) is 7.84. The van der Waals surface area contributed by atoms with Gasteiger partial charge in [-0.2, -0.15) is 0 Å². The molecule has 0 unspecified atom stereocenters. The lowest BCUT2D eigenvalue weighted by molar-refractivity contribution is -0.0959. The van der Waals surface area contributed by atoms with Gasteiger partial charge in [0, 0.05) is 17.5 Å². The number of hydrogen-bond acceptors (Lipinski definition) is 4. The zero-order chi connectivity index (χ0) is 18.6. The molecule has 0 saturated heterocycles. The number of benzene rings is 1. The minimum Gasteiger partial charge on any atom is -0.394 e. The van der Waals surface area contributed by atoms with Crippen molar-refractivity contribution >= 4 is 12.2 Å². The molecule has 0 bridgehead atoms. The fourth-order valence-electron chi connectivity index (χ4n) is 4.71. The van der Waals surface area contributed by atoms with Crippen LogP contribution in [0.3, 0.4) is 0 Å². The first-order valence-electron chi connectivity index (χ1n) is 9.43. The fraction of sp³-hybridized carbons (Fsp3) is 0.600. The summed E-state index contributed by atoms with van der Waals surface area (Å²) in [5.74, 6) is 0.717. The van der Waals surface area contributed by atoms with Crippen LogP contribution in [0.4, 0.5) is 0 Å². The first kappa shape index (κ1) is 18.7. The van der Waals surface area contributed by atoms with Gasteiger partial charge in [0.15, 0.2) is 5.96 Å². The Bertz CT molecular complexity index is 659. The minimum absolute atomic E-state index is 0.0566. The van der Waals surface area contributed by atoms with Crippen LogP contribution in [0.5, 0.6) is 0 Å². The van der Waals surface area contributed by atoms with E-state index in [4.69, 9.17) is 16.3 Å². The number of aliphatic hydroxyl groups is 1. The SMILES string of the molecule is C[C@]12CC[C@H](c3ccccc3)C[C@@]1(O)CC[C@@H]2C=NOCCN=C(N)N. The van der Waals surface area contributed by atoms with Crippen molar-refractivity contribution < 1.29 is 9.94 Å². The number of nitrogens with two attached hydrogens (primary N) is 2. The molecule has 1 aromatic carbocycles. The third kappa shape index (κ3) is 3.70. The van der Waals surface area contributed by atoms with E-state index in [1.165, 1.54) is 5.56 Å². The first-order chi connectivity index (χ1) is 12.4. The van der Waals surface area contributed by atoms with Gasteiger partial charge in [-0.3, -0.25) is 0 Å². The van der Waals surface area contributed by atoms with Crippen molar-refractivity contribution in [2.45, 2.75) is 50.5 Å². The van der Waals surface area contributed by atoms with E-state index in [0.29, 0.717) is 19.1 Å². The van der Waals surface area contributed by atoms with E-state index in [-0.39, 0.29) is 17.3 Å². The average Bonchev–Trinajstić information content (AvgIpc) is 2.89. The van der Waals surface area contributed by atoms with Crippen LogP contribution in [0.1, 0.15) is 50.5 Å². The molecule has 2 fully saturated rings. The molecule has 0 radical (unpaired) electrons. The van der Waals surface area contributed by atoms with Gasteiger partial charge in [0.05, 0.1) is 12.1 Å². The van der Waals surface area contributed by atoms with E-state index in [2.05, 4.69) is 41.3 Å². The maximum Gasteiger partial charge on any atom is 0.186 e. The fourth-order valence-corrected chi connectivity index (χ4v) is 4.71. The summed E-state index contributed by atoms with van der Waals surface area (Å²) in [6.07, 6.45) is 6.54. The number of nitrogens with zero attached hydrogens (tertiary/aromatic N) is 2. The zero-order valence-electron chi connectivity index (χ0n) is 15.5. The molecule has 2 aliphatic rings. The van der Waals surface area contributed by atoms with E-state index in [1.807, 2.05) is 12.3 Å². The average molecular weight is 358 g/mol. The third-order valence-corrected chi connectivity index (χ3v) is 6.41. The Kier molecular flexibility index (Phi) is 5.51. The Labute approximate surface area is 155 Å². The molecule has 0 aromatic heterocycles. The first-order valence-corrected chi connectivity index (χ1v) is 9.43. The van der Waals surface area contributed by atoms with Crippen molar-refractivity contribution in [2.75, 3.05) is 13.2 Å². The van der Waals surface area contributed by atoms with Gasteiger partial charge in [0.1, 0.15) is 6.61 Å². The van der Waals surface area contributed by atoms with E-state index >= 15 is 0 Å². The Balaban J connectivity index is 1.61. The topological polar surface area (TPSA) is 106 Å². The Morgan fingerprint density at radius 2 is 2.04 bits per heavy atom. The maximum absolute atomic E-state index is 11.4. The second-order valence-corrected chi connectivity index (χ2v) is 7.84. The summed E-state index contributed by atoms with van der Waals surface area (Å²) < 4.78 is 0. The van der Waals surface area contributed by atoms with Gasteiger partial charge in [-0.25, -0.2) is 4.99 Å². The van der Waals surface area contributed by atoms with Crippen LogP contribution in [0.2, 0.25) is 0 Å². The van der Waals surface area contributed by atoms with Crippen LogP contribution in [-0.2, 0) is 4.84 Å². The molecule has 5 N–H and O–H groups in total. The van der Waals surface area contributed by atoms with Crippen LogP contribution in [0.25, 0.3) is 0 Å². The number of guanidine groups is 1. The molecule has 0 amide bonds. The lowest BCUT2D eigenvalue weighted by Crippen LogP contribution is -2.49. The Morgan fingerprint density at radius 3 is 2.77 bits per heavy atom. The summed E-state index contributed by atoms with van der Waals surface area (Å²) in [7, 11) is 0. The second kappa shape index (κ2) is 7.66. The number of rotatable bonds is 6. The largest absolute Gasteiger partial charge is 0.394 e. The normalized spacial score (nSPS) is 33.8. The predicted molar refractivity (Wildman–Crippen MR) is 104 cm³/mol. The van der Waals surface area contributed by atoms with Gasteiger partial charge in [-0.05, 0) is 43.6 Å². The summed E-state index contributed by atoms with van der Waals surface area (Å²) in [5.41, 5.74) is 11.1. The van der Waals surface area contributed by atoms with Crippen LogP contribution >= 0.6 is 0 Å². The molecule has 3 rings (SSSR count). The van der Waals surface area contributed by atoms with Crippen molar-refractivity contribution in [1.29, 1.82) is 0 Å². The van der Waals surface area contributed by atoms with Gasteiger partial charge in [0.25, 0.3) is 0 Å². The van der Waals surface area contributed by atoms with E-state index in [0.717, 1.165) is 32.1 Å². The number of fused-ring (bicyclic) bond motifs is 1. The highest BCUT2D eigenvalue weighted by Gasteiger charge is 2.58. The Morgan fingerprint density at radius 1 is 1.27 bits per heavy atom. The van der Waals surface area contributed by atoms with Gasteiger partial charge < -0.3 is 21.4 Å². The number of oxime groups is 1. The molecule has 26 heavy (non-hydrogen) atoms. The smallest absolute Gasteiger partial charge is 0.186 e. The summed E-state index contributed by atoms with van der Waals surface area (Å²) in [4.78, 5) is 9.12.